The van der Waals surface area contributed by atoms with Crippen LogP contribution in [0.4, 0.5) is 5.13 Å². The molecule has 1 amide bonds. The first-order valence-corrected chi connectivity index (χ1v) is 12.9. The third kappa shape index (κ3) is 4.91. The van der Waals surface area contributed by atoms with E-state index in [1.54, 1.807) is 10.6 Å². The van der Waals surface area contributed by atoms with E-state index in [0.29, 0.717) is 34.3 Å². The number of carbonyl (C=O) groups is 1. The van der Waals surface area contributed by atoms with Gasteiger partial charge in [0.1, 0.15) is 0 Å². The molecular formula is C25H24N4O3S2. The molecule has 0 spiro atoms. The number of para-hydroxylation sites is 1. The maximum Gasteiger partial charge on any atom is 0.262 e. The zero-order valence-corrected chi connectivity index (χ0v) is 20.3. The van der Waals surface area contributed by atoms with Gasteiger partial charge in [-0.1, -0.05) is 54.2 Å². The molecule has 0 unspecified atom stereocenters. The molecule has 2 atom stereocenters. The van der Waals surface area contributed by atoms with Crippen LogP contribution in [0.5, 0.6) is 0 Å². The zero-order valence-electron chi connectivity index (χ0n) is 18.6. The lowest BCUT2D eigenvalue weighted by Gasteiger charge is -2.18. The largest absolute Gasteiger partial charge is 0.376 e. The summed E-state index contributed by atoms with van der Waals surface area (Å²) in [6.45, 7) is 2.95. The number of ether oxygens (including phenoxy) is 1. The number of thiazole rings is 1. The average Bonchev–Trinajstić information content (AvgIpc) is 3.54. The average molecular weight is 493 g/mol. The second-order valence-corrected chi connectivity index (χ2v) is 10.3. The Bertz CT molecular complexity index is 1360. The van der Waals surface area contributed by atoms with Crippen molar-refractivity contribution in [1.82, 2.24) is 14.5 Å². The molecule has 2 aromatic carbocycles. The highest BCUT2D eigenvalue weighted by Gasteiger charge is 2.23. The summed E-state index contributed by atoms with van der Waals surface area (Å²) in [4.78, 5) is 35.5. The van der Waals surface area contributed by atoms with E-state index in [2.05, 4.69) is 10.3 Å². The molecule has 0 aliphatic carbocycles. The van der Waals surface area contributed by atoms with E-state index < -0.39 is 5.25 Å². The first-order valence-electron chi connectivity index (χ1n) is 11.2. The molecule has 1 N–H and O–H groups in total. The van der Waals surface area contributed by atoms with Crippen molar-refractivity contribution < 1.29 is 9.53 Å². The van der Waals surface area contributed by atoms with Crippen molar-refractivity contribution in [3.63, 3.8) is 0 Å². The van der Waals surface area contributed by atoms with Gasteiger partial charge in [0.25, 0.3) is 5.56 Å². The number of benzene rings is 2. The van der Waals surface area contributed by atoms with E-state index in [-0.39, 0.29) is 17.6 Å². The summed E-state index contributed by atoms with van der Waals surface area (Å²) in [5.74, 6) is -0.190. The Morgan fingerprint density at radius 3 is 2.79 bits per heavy atom. The van der Waals surface area contributed by atoms with Crippen LogP contribution in [0.2, 0.25) is 0 Å². The van der Waals surface area contributed by atoms with Gasteiger partial charge in [-0.25, -0.2) is 9.97 Å². The van der Waals surface area contributed by atoms with Crippen LogP contribution in [0.25, 0.3) is 22.2 Å². The standard InChI is InChI=1S/C25H24N4O3S2/c1-16(22(30)28-24-26-21(15-33-24)17-8-3-2-4-9-17)34-25-27-20-12-6-5-11-19(20)23(31)29(25)14-18-10-7-13-32-18/h2-6,8-9,11-12,15-16,18H,7,10,13-14H2,1H3,(H,26,28,30)/t16-,18-/m1/s1. The number of nitrogens with zero attached hydrogens (tertiary/aromatic N) is 3. The minimum absolute atomic E-state index is 0.0177. The van der Waals surface area contributed by atoms with Gasteiger partial charge in [0.15, 0.2) is 10.3 Å². The lowest BCUT2D eigenvalue weighted by molar-refractivity contribution is -0.115. The third-order valence-electron chi connectivity index (χ3n) is 5.69. The molecule has 174 valence electrons. The molecule has 34 heavy (non-hydrogen) atoms. The Labute approximate surface area is 205 Å². The minimum Gasteiger partial charge on any atom is -0.376 e. The SMILES string of the molecule is C[C@@H](Sc1nc2ccccc2c(=O)n1C[C@H]1CCCO1)C(=O)Nc1nc(-c2ccccc2)cs1. The van der Waals surface area contributed by atoms with Crippen molar-refractivity contribution in [1.29, 1.82) is 0 Å². The lowest BCUT2D eigenvalue weighted by atomic mass is 10.2. The van der Waals surface area contributed by atoms with Gasteiger partial charge in [-0.15, -0.1) is 11.3 Å². The van der Waals surface area contributed by atoms with Crippen LogP contribution >= 0.6 is 23.1 Å². The summed E-state index contributed by atoms with van der Waals surface area (Å²) in [6, 6.07) is 17.1. The monoisotopic (exact) mass is 492 g/mol. The predicted molar refractivity (Wildman–Crippen MR) is 136 cm³/mol. The number of carbonyl (C=O) groups excluding carboxylic acids is 1. The van der Waals surface area contributed by atoms with Gasteiger partial charge in [0.05, 0.1) is 34.5 Å². The zero-order chi connectivity index (χ0) is 23.5. The molecule has 4 aromatic rings. The second kappa shape index (κ2) is 10.1. The normalized spacial score (nSPS) is 16.6. The number of hydrogen-bond donors (Lipinski definition) is 1. The fourth-order valence-corrected chi connectivity index (χ4v) is 5.52. The highest BCUT2D eigenvalue weighted by molar-refractivity contribution is 8.00. The molecular weight excluding hydrogens is 468 g/mol. The number of thioether (sulfide) groups is 1. The highest BCUT2D eigenvalue weighted by atomic mass is 32.2. The predicted octanol–water partition coefficient (Wildman–Crippen LogP) is 4.82. The van der Waals surface area contributed by atoms with Crippen LogP contribution in [-0.2, 0) is 16.1 Å². The number of fused-ring (bicyclic) bond motifs is 1. The maximum absolute atomic E-state index is 13.3. The van der Waals surface area contributed by atoms with Crippen LogP contribution in [0.1, 0.15) is 19.8 Å². The molecule has 1 saturated heterocycles. The van der Waals surface area contributed by atoms with Crippen molar-refractivity contribution in [2.75, 3.05) is 11.9 Å². The van der Waals surface area contributed by atoms with E-state index in [0.717, 1.165) is 24.1 Å². The molecule has 1 fully saturated rings. The topological polar surface area (TPSA) is 86.1 Å². The first-order chi connectivity index (χ1) is 16.6. The summed E-state index contributed by atoms with van der Waals surface area (Å²) in [5.41, 5.74) is 2.34. The number of hydrogen-bond acceptors (Lipinski definition) is 7. The molecule has 1 aliphatic heterocycles. The summed E-state index contributed by atoms with van der Waals surface area (Å²) >= 11 is 2.66. The number of aromatic nitrogens is 3. The van der Waals surface area contributed by atoms with Crippen LogP contribution < -0.4 is 10.9 Å². The Kier molecular flexibility index (Phi) is 6.75. The van der Waals surface area contributed by atoms with E-state index >= 15 is 0 Å². The van der Waals surface area contributed by atoms with Crippen LogP contribution in [0.3, 0.4) is 0 Å². The van der Waals surface area contributed by atoms with E-state index in [1.807, 2.05) is 60.8 Å². The molecule has 0 bridgehead atoms. The van der Waals surface area contributed by atoms with Crippen LogP contribution in [0, 0.1) is 0 Å². The van der Waals surface area contributed by atoms with Crippen molar-refractivity contribution in [3.05, 3.63) is 70.3 Å². The van der Waals surface area contributed by atoms with Gasteiger partial charge in [-0.3, -0.25) is 14.2 Å². The quantitative estimate of drug-likeness (QED) is 0.294. The van der Waals surface area contributed by atoms with Gasteiger partial charge in [-0.2, -0.15) is 0 Å². The number of amides is 1. The summed E-state index contributed by atoms with van der Waals surface area (Å²) in [5, 5.41) is 5.98. The Hall–Kier alpha value is -3.01. The van der Waals surface area contributed by atoms with Crippen LogP contribution in [0.15, 0.2) is 69.9 Å². The Balaban J connectivity index is 1.36. The Morgan fingerprint density at radius 1 is 1.21 bits per heavy atom. The van der Waals surface area contributed by atoms with Crippen molar-refractivity contribution in [2.45, 2.75) is 42.8 Å². The van der Waals surface area contributed by atoms with Crippen molar-refractivity contribution >= 4 is 45.0 Å². The van der Waals surface area contributed by atoms with Crippen LogP contribution in [-0.4, -0.2) is 38.4 Å². The van der Waals surface area contributed by atoms with Gasteiger partial charge >= 0.3 is 0 Å². The second-order valence-electron chi connectivity index (χ2n) is 8.12. The molecule has 9 heteroatoms. The number of rotatable bonds is 7. The number of anilines is 1. The molecule has 0 saturated carbocycles. The van der Waals surface area contributed by atoms with E-state index in [9.17, 15) is 9.59 Å². The lowest BCUT2D eigenvalue weighted by Crippen LogP contribution is -2.30. The van der Waals surface area contributed by atoms with E-state index in [4.69, 9.17) is 9.72 Å². The molecule has 0 radical (unpaired) electrons. The van der Waals surface area contributed by atoms with Gasteiger partial charge < -0.3 is 10.1 Å². The van der Waals surface area contributed by atoms with Crippen molar-refractivity contribution in [2.24, 2.45) is 0 Å². The summed E-state index contributed by atoms with van der Waals surface area (Å²) in [7, 11) is 0. The van der Waals surface area contributed by atoms with Gasteiger partial charge in [0.2, 0.25) is 5.91 Å². The Morgan fingerprint density at radius 2 is 2.00 bits per heavy atom. The summed E-state index contributed by atoms with van der Waals surface area (Å²) in [6.07, 6.45) is 1.88. The number of nitrogens with one attached hydrogen (secondary N) is 1. The fourth-order valence-electron chi connectivity index (χ4n) is 3.88. The molecule has 2 aromatic heterocycles. The maximum atomic E-state index is 13.3. The first kappa shape index (κ1) is 22.8. The third-order valence-corrected chi connectivity index (χ3v) is 7.54. The molecule has 3 heterocycles. The molecule has 1 aliphatic rings. The smallest absolute Gasteiger partial charge is 0.262 e. The van der Waals surface area contributed by atoms with Crippen molar-refractivity contribution in [3.8, 4) is 11.3 Å². The molecule has 7 nitrogen and oxygen atoms in total. The van der Waals surface area contributed by atoms with E-state index in [1.165, 1.54) is 23.1 Å². The van der Waals surface area contributed by atoms with Gasteiger partial charge in [-0.05, 0) is 31.9 Å². The minimum atomic E-state index is -0.479. The highest BCUT2D eigenvalue weighted by Crippen LogP contribution is 2.28. The molecule has 5 rings (SSSR count). The fraction of sp³-hybridized carbons (Fsp3) is 0.280. The van der Waals surface area contributed by atoms with Gasteiger partial charge in [0, 0.05) is 17.6 Å². The summed E-state index contributed by atoms with van der Waals surface area (Å²) < 4.78 is 7.42.